The van der Waals surface area contributed by atoms with Gasteiger partial charge in [-0.1, -0.05) is 30.1 Å². The highest BCUT2D eigenvalue weighted by Crippen LogP contribution is 2.32. The molecule has 1 atom stereocenters. The lowest BCUT2D eigenvalue weighted by Gasteiger charge is -2.18. The quantitative estimate of drug-likeness (QED) is 0.629. The topological polar surface area (TPSA) is 42.7 Å². The molecule has 0 radical (unpaired) electrons. The summed E-state index contributed by atoms with van der Waals surface area (Å²) in [5.74, 6) is 0.714. The first-order valence-corrected chi connectivity index (χ1v) is 8.03. The van der Waals surface area contributed by atoms with Gasteiger partial charge < -0.3 is 9.15 Å². The average molecular weight is 321 g/mol. The lowest BCUT2D eigenvalue weighted by atomic mass is 10.2. The van der Waals surface area contributed by atoms with Crippen LogP contribution in [0, 0.1) is 0 Å². The summed E-state index contributed by atoms with van der Waals surface area (Å²) in [6.45, 7) is 1.34. The van der Waals surface area contributed by atoms with E-state index < -0.39 is 0 Å². The van der Waals surface area contributed by atoms with Crippen molar-refractivity contribution in [3.8, 4) is 0 Å². The Kier molecular flexibility index (Phi) is 4.57. The van der Waals surface area contributed by atoms with Crippen molar-refractivity contribution >= 4 is 40.3 Å². The largest absolute Gasteiger partial charge is 0.465 e. The second-order valence-corrected chi connectivity index (χ2v) is 6.50. The Labute approximate surface area is 132 Å². The Morgan fingerprint density at radius 3 is 3.14 bits per heavy atom. The van der Waals surface area contributed by atoms with Gasteiger partial charge in [0.1, 0.15) is 10.1 Å². The third-order valence-electron chi connectivity index (χ3n) is 3.34. The number of allylic oxidation sites excluding steroid dienone is 2. The van der Waals surface area contributed by atoms with Crippen LogP contribution in [0.2, 0.25) is 0 Å². The van der Waals surface area contributed by atoms with Crippen molar-refractivity contribution in [2.75, 3.05) is 13.2 Å². The van der Waals surface area contributed by atoms with Crippen molar-refractivity contribution in [3.63, 3.8) is 0 Å². The third-order valence-corrected chi connectivity index (χ3v) is 4.73. The molecule has 3 heterocycles. The summed E-state index contributed by atoms with van der Waals surface area (Å²) in [5.41, 5.74) is 0. The van der Waals surface area contributed by atoms with E-state index in [1.165, 1.54) is 11.8 Å². The van der Waals surface area contributed by atoms with Gasteiger partial charge in [0.25, 0.3) is 5.91 Å². The minimum atomic E-state index is -0.0374. The SMILES string of the molecule is O=C1/C(=C/C=C/c2ccco2)SC(=S)N1C[C@@H]1CCCO1. The van der Waals surface area contributed by atoms with Crippen LogP contribution in [0.25, 0.3) is 6.08 Å². The maximum Gasteiger partial charge on any atom is 0.266 e. The first-order chi connectivity index (χ1) is 10.2. The van der Waals surface area contributed by atoms with E-state index in [2.05, 4.69) is 0 Å². The Bertz CT molecular complexity index is 586. The van der Waals surface area contributed by atoms with Crippen molar-refractivity contribution in [2.45, 2.75) is 18.9 Å². The maximum absolute atomic E-state index is 12.3. The number of ether oxygens (including phenoxy) is 1. The van der Waals surface area contributed by atoms with Gasteiger partial charge in [0, 0.05) is 6.61 Å². The fraction of sp³-hybridized carbons (Fsp3) is 0.333. The van der Waals surface area contributed by atoms with Gasteiger partial charge in [-0.05, 0) is 37.1 Å². The normalized spacial score (nSPS) is 24.9. The first-order valence-electron chi connectivity index (χ1n) is 6.81. The molecule has 2 aliphatic rings. The van der Waals surface area contributed by atoms with Gasteiger partial charge in [-0.25, -0.2) is 0 Å². The van der Waals surface area contributed by atoms with Crippen molar-refractivity contribution < 1.29 is 13.9 Å². The zero-order chi connectivity index (χ0) is 14.7. The summed E-state index contributed by atoms with van der Waals surface area (Å²) >= 11 is 6.62. The molecule has 0 N–H and O–H groups in total. The van der Waals surface area contributed by atoms with Gasteiger partial charge in [-0.3, -0.25) is 9.69 Å². The summed E-state index contributed by atoms with van der Waals surface area (Å²) in [4.78, 5) is 14.6. The fourth-order valence-electron chi connectivity index (χ4n) is 2.28. The minimum absolute atomic E-state index is 0.0374. The van der Waals surface area contributed by atoms with Crippen LogP contribution in [-0.4, -0.2) is 34.4 Å². The summed E-state index contributed by atoms with van der Waals surface area (Å²) in [7, 11) is 0. The number of thioether (sulfide) groups is 1. The number of rotatable bonds is 4. The molecule has 0 saturated carbocycles. The van der Waals surface area contributed by atoms with Crippen LogP contribution < -0.4 is 0 Å². The highest BCUT2D eigenvalue weighted by molar-refractivity contribution is 8.26. The lowest BCUT2D eigenvalue weighted by Crippen LogP contribution is -2.35. The predicted molar refractivity (Wildman–Crippen MR) is 86.7 cm³/mol. The monoisotopic (exact) mass is 321 g/mol. The Hall–Kier alpha value is -1.37. The lowest BCUT2D eigenvalue weighted by molar-refractivity contribution is -0.123. The second kappa shape index (κ2) is 6.60. The van der Waals surface area contributed by atoms with Crippen molar-refractivity contribution in [2.24, 2.45) is 0 Å². The van der Waals surface area contributed by atoms with Crippen LogP contribution in [0.15, 0.2) is 39.9 Å². The summed E-state index contributed by atoms with van der Waals surface area (Å²) < 4.78 is 11.4. The van der Waals surface area contributed by atoms with Crippen molar-refractivity contribution in [3.05, 3.63) is 41.2 Å². The van der Waals surface area contributed by atoms with Gasteiger partial charge in [0.2, 0.25) is 0 Å². The number of carbonyl (C=O) groups excluding carboxylic acids is 1. The van der Waals surface area contributed by atoms with Crippen LogP contribution in [0.5, 0.6) is 0 Å². The standard InChI is InChI=1S/C15H15NO3S2/c17-14-13(7-1-4-11-5-2-8-18-11)21-15(20)16(14)10-12-6-3-9-19-12/h1-2,4-5,7-8,12H,3,6,9-10H2/b4-1+,13-7-/t12-/m0/s1. The molecule has 4 nitrogen and oxygen atoms in total. The van der Waals surface area contributed by atoms with E-state index in [-0.39, 0.29) is 12.0 Å². The van der Waals surface area contributed by atoms with Gasteiger partial charge in [-0.15, -0.1) is 0 Å². The molecular weight excluding hydrogens is 306 g/mol. The van der Waals surface area contributed by atoms with Crippen LogP contribution in [0.4, 0.5) is 0 Å². The fourth-order valence-corrected chi connectivity index (χ4v) is 3.51. The van der Waals surface area contributed by atoms with E-state index in [1.807, 2.05) is 18.2 Å². The van der Waals surface area contributed by atoms with E-state index in [1.54, 1.807) is 23.3 Å². The highest BCUT2D eigenvalue weighted by Gasteiger charge is 2.34. The molecule has 2 aliphatic heterocycles. The molecule has 0 aliphatic carbocycles. The summed E-state index contributed by atoms with van der Waals surface area (Å²) in [6, 6.07) is 3.67. The molecule has 0 unspecified atom stereocenters. The van der Waals surface area contributed by atoms with E-state index in [0.717, 1.165) is 25.2 Å². The molecule has 2 saturated heterocycles. The molecule has 0 aromatic carbocycles. The number of amides is 1. The zero-order valence-corrected chi connectivity index (χ0v) is 13.0. The third kappa shape index (κ3) is 3.45. The molecular formula is C15H15NO3S2. The van der Waals surface area contributed by atoms with Crippen LogP contribution in [0.1, 0.15) is 18.6 Å². The molecule has 1 aromatic rings. The summed E-state index contributed by atoms with van der Waals surface area (Å²) in [6.07, 6.45) is 9.17. The number of carbonyl (C=O) groups is 1. The molecule has 0 bridgehead atoms. The highest BCUT2D eigenvalue weighted by atomic mass is 32.2. The molecule has 21 heavy (non-hydrogen) atoms. The van der Waals surface area contributed by atoms with Crippen molar-refractivity contribution in [1.82, 2.24) is 4.90 Å². The number of hydrogen-bond acceptors (Lipinski definition) is 5. The zero-order valence-electron chi connectivity index (χ0n) is 11.4. The molecule has 3 rings (SSSR count). The van der Waals surface area contributed by atoms with E-state index in [0.29, 0.717) is 15.8 Å². The smallest absolute Gasteiger partial charge is 0.266 e. The first kappa shape index (κ1) is 14.6. The predicted octanol–water partition coefficient (Wildman–Crippen LogP) is 3.22. The molecule has 6 heteroatoms. The van der Waals surface area contributed by atoms with Gasteiger partial charge in [0.05, 0.1) is 23.8 Å². The molecule has 0 spiro atoms. The maximum atomic E-state index is 12.3. The Morgan fingerprint density at radius 1 is 1.52 bits per heavy atom. The van der Waals surface area contributed by atoms with Crippen LogP contribution in [0.3, 0.4) is 0 Å². The van der Waals surface area contributed by atoms with Gasteiger partial charge in [-0.2, -0.15) is 0 Å². The second-order valence-electron chi connectivity index (χ2n) is 4.82. The van der Waals surface area contributed by atoms with Crippen molar-refractivity contribution in [1.29, 1.82) is 0 Å². The minimum Gasteiger partial charge on any atom is -0.465 e. The molecule has 2 fully saturated rings. The average Bonchev–Trinajstić information content (AvgIpc) is 3.19. The Balaban J connectivity index is 1.64. The van der Waals surface area contributed by atoms with Gasteiger partial charge >= 0.3 is 0 Å². The number of thiocarbonyl (C=S) groups is 1. The Morgan fingerprint density at radius 2 is 2.43 bits per heavy atom. The molecule has 110 valence electrons. The number of nitrogens with zero attached hydrogens (tertiary/aromatic N) is 1. The summed E-state index contributed by atoms with van der Waals surface area (Å²) in [5, 5.41) is 0. The van der Waals surface area contributed by atoms with E-state index in [4.69, 9.17) is 21.4 Å². The number of furan rings is 1. The van der Waals surface area contributed by atoms with Gasteiger partial charge in [0.15, 0.2) is 0 Å². The van der Waals surface area contributed by atoms with Crippen LogP contribution in [-0.2, 0) is 9.53 Å². The van der Waals surface area contributed by atoms with E-state index >= 15 is 0 Å². The van der Waals surface area contributed by atoms with Crippen LogP contribution >= 0.6 is 24.0 Å². The number of hydrogen-bond donors (Lipinski definition) is 0. The molecule has 1 amide bonds. The van der Waals surface area contributed by atoms with E-state index in [9.17, 15) is 4.79 Å². The molecule has 1 aromatic heterocycles.